The third kappa shape index (κ3) is 4.88. The molecule has 1 aromatic rings. The Balaban J connectivity index is 2.34. The van der Waals surface area contributed by atoms with Crippen molar-refractivity contribution in [3.63, 3.8) is 0 Å². The van der Waals surface area contributed by atoms with E-state index in [1.54, 1.807) is 0 Å². The van der Waals surface area contributed by atoms with Gasteiger partial charge in [0.1, 0.15) is 5.75 Å². The molecule has 0 aromatic heterocycles. The normalized spacial score (nSPS) is 11.8. The van der Waals surface area contributed by atoms with Crippen LogP contribution in [0.25, 0.3) is 0 Å². The first-order valence-corrected chi connectivity index (χ1v) is 6.12. The van der Waals surface area contributed by atoms with Crippen LogP contribution in [0.3, 0.4) is 0 Å². The molecule has 0 spiro atoms. The van der Waals surface area contributed by atoms with Crippen molar-refractivity contribution in [1.82, 2.24) is 5.32 Å². The van der Waals surface area contributed by atoms with E-state index in [4.69, 9.17) is 10.00 Å². The molecule has 1 N–H and O–H groups in total. The van der Waals surface area contributed by atoms with Gasteiger partial charge in [0.25, 0.3) is 0 Å². The van der Waals surface area contributed by atoms with Crippen LogP contribution < -0.4 is 10.1 Å². The lowest BCUT2D eigenvalue weighted by molar-refractivity contribution is 0.340. The van der Waals surface area contributed by atoms with Gasteiger partial charge in [-0.1, -0.05) is 19.1 Å². The lowest BCUT2D eigenvalue weighted by Gasteiger charge is -2.09. The second kappa shape index (κ2) is 7.70. The van der Waals surface area contributed by atoms with Crippen molar-refractivity contribution < 1.29 is 4.74 Å². The molecule has 0 aliphatic heterocycles. The molecule has 17 heavy (non-hydrogen) atoms. The number of nitrogens with one attached hydrogen (secondary N) is 1. The summed E-state index contributed by atoms with van der Waals surface area (Å²) < 4.78 is 5.37. The average Bonchev–Trinajstić information content (AvgIpc) is 2.37. The van der Waals surface area contributed by atoms with E-state index in [9.17, 15) is 0 Å². The maximum atomic E-state index is 8.81. The van der Waals surface area contributed by atoms with Crippen molar-refractivity contribution in [3.8, 4) is 11.8 Å². The minimum Gasteiger partial charge on any atom is -0.494 e. The maximum absolute atomic E-state index is 8.81. The van der Waals surface area contributed by atoms with Crippen molar-refractivity contribution >= 4 is 0 Å². The topological polar surface area (TPSA) is 45.0 Å². The van der Waals surface area contributed by atoms with E-state index < -0.39 is 0 Å². The summed E-state index contributed by atoms with van der Waals surface area (Å²) in [5, 5.41) is 12.1. The molecule has 1 atom stereocenters. The number of ether oxygens (including phenoxy) is 1. The van der Waals surface area contributed by atoms with E-state index in [1.807, 2.05) is 38.1 Å². The lowest BCUT2D eigenvalue weighted by atomic mass is 10.1. The second-order valence-corrected chi connectivity index (χ2v) is 3.94. The van der Waals surface area contributed by atoms with Crippen LogP contribution in [-0.2, 0) is 6.54 Å². The average molecular weight is 232 g/mol. The molecule has 0 saturated heterocycles. The van der Waals surface area contributed by atoms with Crippen LogP contribution in [0.4, 0.5) is 0 Å². The standard InChI is InChI=1S/C14H20N2O/c1-3-12(9-15)10-16-11-13-5-7-14(8-6-13)17-4-2/h5-8,12,16H,3-4,10-11H2,1-2H3. The van der Waals surface area contributed by atoms with E-state index in [1.165, 1.54) is 5.56 Å². The number of nitrogens with zero attached hydrogens (tertiary/aromatic N) is 1. The molecule has 3 nitrogen and oxygen atoms in total. The summed E-state index contributed by atoms with van der Waals surface area (Å²) >= 11 is 0. The molecule has 0 bridgehead atoms. The molecule has 0 amide bonds. The Morgan fingerprint density at radius 1 is 1.29 bits per heavy atom. The van der Waals surface area contributed by atoms with Gasteiger partial charge in [-0.25, -0.2) is 0 Å². The van der Waals surface area contributed by atoms with Gasteiger partial charge in [0.05, 0.1) is 18.6 Å². The molecule has 0 heterocycles. The SMILES string of the molecule is CCOc1ccc(CNCC(C#N)CC)cc1. The summed E-state index contributed by atoms with van der Waals surface area (Å²) in [5.74, 6) is 1.01. The third-order valence-electron chi connectivity index (χ3n) is 2.63. The first kappa shape index (κ1) is 13.5. The fourth-order valence-electron chi connectivity index (χ4n) is 1.54. The largest absolute Gasteiger partial charge is 0.494 e. The monoisotopic (exact) mass is 232 g/mol. The fraction of sp³-hybridized carbons (Fsp3) is 0.500. The molecule has 92 valence electrons. The fourth-order valence-corrected chi connectivity index (χ4v) is 1.54. The highest BCUT2D eigenvalue weighted by atomic mass is 16.5. The van der Waals surface area contributed by atoms with Crippen molar-refractivity contribution in [2.24, 2.45) is 5.92 Å². The van der Waals surface area contributed by atoms with Gasteiger partial charge < -0.3 is 10.1 Å². The molecule has 0 fully saturated rings. The van der Waals surface area contributed by atoms with Crippen LogP contribution in [-0.4, -0.2) is 13.2 Å². The Morgan fingerprint density at radius 2 is 2.00 bits per heavy atom. The summed E-state index contributed by atoms with van der Waals surface area (Å²) in [4.78, 5) is 0. The predicted octanol–water partition coefficient (Wildman–Crippen LogP) is 2.72. The molecule has 1 rings (SSSR count). The zero-order valence-electron chi connectivity index (χ0n) is 10.6. The summed E-state index contributed by atoms with van der Waals surface area (Å²) in [7, 11) is 0. The van der Waals surface area contributed by atoms with Gasteiger partial charge in [-0.15, -0.1) is 0 Å². The predicted molar refractivity (Wildman–Crippen MR) is 68.7 cm³/mol. The highest BCUT2D eigenvalue weighted by molar-refractivity contribution is 5.27. The molecule has 1 aromatic carbocycles. The highest BCUT2D eigenvalue weighted by Crippen LogP contribution is 2.11. The summed E-state index contributed by atoms with van der Waals surface area (Å²) in [6.45, 7) is 6.25. The van der Waals surface area contributed by atoms with Gasteiger partial charge in [0, 0.05) is 13.1 Å². The van der Waals surface area contributed by atoms with Crippen molar-refractivity contribution in [2.45, 2.75) is 26.8 Å². The molecule has 3 heteroatoms. The number of rotatable bonds is 7. The molecule has 0 aliphatic carbocycles. The van der Waals surface area contributed by atoms with Crippen LogP contribution in [0.2, 0.25) is 0 Å². The maximum Gasteiger partial charge on any atom is 0.119 e. The summed E-state index contributed by atoms with van der Waals surface area (Å²) in [6, 6.07) is 10.3. The molecule has 0 aliphatic rings. The lowest BCUT2D eigenvalue weighted by Crippen LogP contribution is -2.21. The molecular weight excluding hydrogens is 212 g/mol. The zero-order chi connectivity index (χ0) is 12.5. The Morgan fingerprint density at radius 3 is 2.53 bits per heavy atom. The van der Waals surface area contributed by atoms with Gasteiger partial charge in [0.2, 0.25) is 0 Å². The van der Waals surface area contributed by atoms with Gasteiger partial charge in [-0.05, 0) is 31.0 Å². The van der Waals surface area contributed by atoms with Gasteiger partial charge in [0.15, 0.2) is 0 Å². The second-order valence-electron chi connectivity index (χ2n) is 3.94. The smallest absolute Gasteiger partial charge is 0.119 e. The van der Waals surface area contributed by atoms with E-state index in [2.05, 4.69) is 11.4 Å². The number of benzene rings is 1. The van der Waals surface area contributed by atoms with E-state index >= 15 is 0 Å². The molecule has 0 radical (unpaired) electrons. The number of hydrogen-bond acceptors (Lipinski definition) is 3. The van der Waals surface area contributed by atoms with E-state index in [-0.39, 0.29) is 5.92 Å². The Kier molecular flexibility index (Phi) is 6.13. The molecule has 1 unspecified atom stereocenters. The first-order valence-electron chi connectivity index (χ1n) is 6.12. The van der Waals surface area contributed by atoms with Crippen LogP contribution in [0.1, 0.15) is 25.8 Å². The van der Waals surface area contributed by atoms with Crippen molar-refractivity contribution in [2.75, 3.05) is 13.2 Å². The van der Waals surface area contributed by atoms with Crippen LogP contribution in [0.5, 0.6) is 5.75 Å². The Labute approximate surface area is 103 Å². The quantitative estimate of drug-likeness (QED) is 0.786. The number of hydrogen-bond donors (Lipinski definition) is 1. The third-order valence-corrected chi connectivity index (χ3v) is 2.63. The Hall–Kier alpha value is -1.53. The summed E-state index contributed by atoms with van der Waals surface area (Å²) in [5.41, 5.74) is 1.21. The Bertz CT molecular complexity index is 353. The van der Waals surface area contributed by atoms with E-state index in [0.717, 1.165) is 25.3 Å². The van der Waals surface area contributed by atoms with Crippen molar-refractivity contribution in [3.05, 3.63) is 29.8 Å². The highest BCUT2D eigenvalue weighted by Gasteiger charge is 2.03. The van der Waals surface area contributed by atoms with Crippen LogP contribution >= 0.6 is 0 Å². The van der Waals surface area contributed by atoms with Crippen molar-refractivity contribution in [1.29, 1.82) is 5.26 Å². The van der Waals surface area contributed by atoms with Gasteiger partial charge in [-0.2, -0.15) is 5.26 Å². The first-order chi connectivity index (χ1) is 8.30. The minimum atomic E-state index is 0.109. The minimum absolute atomic E-state index is 0.109. The van der Waals surface area contributed by atoms with Gasteiger partial charge in [-0.3, -0.25) is 0 Å². The van der Waals surface area contributed by atoms with Crippen LogP contribution in [0, 0.1) is 17.2 Å². The zero-order valence-corrected chi connectivity index (χ0v) is 10.6. The summed E-state index contributed by atoms with van der Waals surface area (Å²) in [6.07, 6.45) is 0.896. The molecular formula is C14H20N2O. The number of nitriles is 1. The molecule has 0 saturated carbocycles. The van der Waals surface area contributed by atoms with Gasteiger partial charge >= 0.3 is 0 Å². The van der Waals surface area contributed by atoms with Crippen LogP contribution in [0.15, 0.2) is 24.3 Å². The van der Waals surface area contributed by atoms with E-state index in [0.29, 0.717) is 6.61 Å².